The number of nitriles is 1. The number of amides is 2. The van der Waals surface area contributed by atoms with Crippen LogP contribution in [0.4, 0.5) is 5.69 Å². The van der Waals surface area contributed by atoms with E-state index < -0.39 is 11.8 Å². The van der Waals surface area contributed by atoms with Crippen molar-refractivity contribution in [3.8, 4) is 11.8 Å². The SMILES string of the molecule is Cc1ccc(NC(=O)CC(=O)NN=Cc2cc(I)c(OCc3ccc(C#N)cc3)c(I)c2)c(C)c1. The van der Waals surface area contributed by atoms with Crippen molar-refractivity contribution < 1.29 is 14.3 Å². The van der Waals surface area contributed by atoms with Gasteiger partial charge >= 0.3 is 0 Å². The summed E-state index contributed by atoms with van der Waals surface area (Å²) in [6.07, 6.45) is 1.19. The summed E-state index contributed by atoms with van der Waals surface area (Å²) in [4.78, 5) is 24.3. The molecule has 178 valence electrons. The topological polar surface area (TPSA) is 104 Å². The number of hydrazone groups is 1. The fourth-order valence-electron chi connectivity index (χ4n) is 3.14. The predicted molar refractivity (Wildman–Crippen MR) is 152 cm³/mol. The molecular weight excluding hydrogens is 670 g/mol. The molecule has 0 spiro atoms. The Morgan fingerprint density at radius 3 is 2.34 bits per heavy atom. The second-order valence-corrected chi connectivity index (χ2v) is 10.1. The summed E-state index contributed by atoms with van der Waals surface area (Å²) in [7, 11) is 0. The summed E-state index contributed by atoms with van der Waals surface area (Å²) in [6.45, 7) is 4.26. The van der Waals surface area contributed by atoms with Crippen LogP contribution in [0, 0.1) is 32.3 Å². The van der Waals surface area contributed by atoms with E-state index >= 15 is 0 Å². The summed E-state index contributed by atoms with van der Waals surface area (Å²) in [5, 5.41) is 15.6. The third-order valence-electron chi connectivity index (χ3n) is 4.87. The van der Waals surface area contributed by atoms with E-state index in [1.165, 1.54) is 6.21 Å². The van der Waals surface area contributed by atoms with Crippen molar-refractivity contribution in [1.82, 2.24) is 5.43 Å². The number of hydrogen-bond acceptors (Lipinski definition) is 5. The predicted octanol–water partition coefficient (Wildman–Crippen LogP) is 5.44. The number of anilines is 1. The van der Waals surface area contributed by atoms with Crippen LogP contribution in [0.25, 0.3) is 0 Å². The molecule has 0 aliphatic carbocycles. The highest BCUT2D eigenvalue weighted by Crippen LogP contribution is 2.29. The zero-order valence-corrected chi connectivity index (χ0v) is 23.4. The summed E-state index contributed by atoms with van der Waals surface area (Å²) < 4.78 is 7.76. The first-order valence-corrected chi connectivity index (χ1v) is 12.7. The lowest BCUT2D eigenvalue weighted by atomic mass is 10.1. The van der Waals surface area contributed by atoms with Gasteiger partial charge in [-0.15, -0.1) is 0 Å². The maximum Gasteiger partial charge on any atom is 0.249 e. The minimum atomic E-state index is -0.504. The second-order valence-electron chi connectivity index (χ2n) is 7.75. The smallest absolute Gasteiger partial charge is 0.249 e. The van der Waals surface area contributed by atoms with Gasteiger partial charge in [0.1, 0.15) is 18.8 Å². The Morgan fingerprint density at radius 1 is 1.03 bits per heavy atom. The minimum Gasteiger partial charge on any atom is -0.487 e. The molecule has 0 fully saturated rings. The highest BCUT2D eigenvalue weighted by Gasteiger charge is 2.11. The first-order chi connectivity index (χ1) is 16.7. The van der Waals surface area contributed by atoms with Crippen LogP contribution in [0.1, 0.15) is 34.2 Å². The zero-order valence-electron chi connectivity index (χ0n) is 19.1. The van der Waals surface area contributed by atoms with Gasteiger partial charge in [-0.2, -0.15) is 10.4 Å². The van der Waals surface area contributed by atoms with Crippen LogP contribution < -0.4 is 15.5 Å². The van der Waals surface area contributed by atoms with Gasteiger partial charge in [-0.3, -0.25) is 9.59 Å². The molecule has 0 radical (unpaired) electrons. The van der Waals surface area contributed by atoms with E-state index in [1.54, 1.807) is 12.1 Å². The molecule has 0 aliphatic heterocycles. The fourth-order valence-corrected chi connectivity index (χ4v) is 5.26. The van der Waals surface area contributed by atoms with Gasteiger partial charge in [0.15, 0.2) is 0 Å². The Balaban J connectivity index is 1.53. The molecule has 0 atom stereocenters. The quantitative estimate of drug-likeness (QED) is 0.142. The number of benzene rings is 3. The molecule has 0 saturated carbocycles. The first-order valence-electron chi connectivity index (χ1n) is 10.5. The van der Waals surface area contributed by atoms with E-state index in [1.807, 2.05) is 56.3 Å². The number of halogens is 2. The summed E-state index contributed by atoms with van der Waals surface area (Å²) >= 11 is 4.37. The molecule has 2 N–H and O–H groups in total. The third kappa shape index (κ3) is 8.03. The van der Waals surface area contributed by atoms with Crippen LogP contribution in [0.3, 0.4) is 0 Å². The van der Waals surface area contributed by atoms with Crippen molar-refractivity contribution in [2.75, 3.05) is 5.32 Å². The molecule has 2 amide bonds. The lowest BCUT2D eigenvalue weighted by Crippen LogP contribution is -2.24. The highest BCUT2D eigenvalue weighted by atomic mass is 127. The van der Waals surface area contributed by atoms with Crippen LogP contribution >= 0.6 is 45.2 Å². The molecule has 3 aromatic rings. The number of carbonyl (C=O) groups excluding carboxylic acids is 2. The summed E-state index contributed by atoms with van der Waals surface area (Å²) in [5.41, 5.74) is 7.46. The van der Waals surface area contributed by atoms with Crippen molar-refractivity contribution >= 4 is 68.9 Å². The molecule has 0 bridgehead atoms. The van der Waals surface area contributed by atoms with E-state index in [2.05, 4.69) is 67.1 Å². The number of rotatable bonds is 8. The van der Waals surface area contributed by atoms with Crippen LogP contribution in [0.5, 0.6) is 5.75 Å². The first kappa shape index (κ1) is 26.6. The van der Waals surface area contributed by atoms with E-state index in [4.69, 9.17) is 10.00 Å². The number of hydrogen-bond donors (Lipinski definition) is 2. The van der Waals surface area contributed by atoms with Crippen molar-refractivity contribution in [2.24, 2.45) is 5.10 Å². The van der Waals surface area contributed by atoms with Crippen molar-refractivity contribution in [3.63, 3.8) is 0 Å². The maximum absolute atomic E-state index is 12.2. The number of ether oxygens (including phenoxy) is 1. The summed E-state index contributed by atoms with van der Waals surface area (Å²) in [6, 6.07) is 18.8. The largest absolute Gasteiger partial charge is 0.487 e. The van der Waals surface area contributed by atoms with Crippen molar-refractivity contribution in [1.29, 1.82) is 5.26 Å². The minimum absolute atomic E-state index is 0.331. The number of nitrogens with one attached hydrogen (secondary N) is 2. The Kier molecular flexibility index (Phi) is 9.62. The molecule has 0 aliphatic rings. The van der Waals surface area contributed by atoms with Crippen molar-refractivity contribution in [3.05, 3.63) is 89.6 Å². The van der Waals surface area contributed by atoms with Crippen LogP contribution in [0.2, 0.25) is 0 Å². The third-order valence-corrected chi connectivity index (χ3v) is 6.47. The molecule has 35 heavy (non-hydrogen) atoms. The number of carbonyl (C=O) groups is 2. The normalized spacial score (nSPS) is 10.6. The molecule has 7 nitrogen and oxygen atoms in total. The molecule has 9 heteroatoms. The summed E-state index contributed by atoms with van der Waals surface area (Å²) in [5.74, 6) is -0.160. The Morgan fingerprint density at radius 2 is 1.71 bits per heavy atom. The second kappa shape index (κ2) is 12.6. The van der Waals surface area contributed by atoms with Gasteiger partial charge in [-0.1, -0.05) is 29.8 Å². The van der Waals surface area contributed by atoms with E-state index in [-0.39, 0.29) is 6.42 Å². The van der Waals surface area contributed by atoms with Gasteiger partial charge in [0.05, 0.1) is 25.0 Å². The van der Waals surface area contributed by atoms with Gasteiger partial charge in [0.2, 0.25) is 11.8 Å². The zero-order chi connectivity index (χ0) is 25.4. The Hall–Kier alpha value is -2.98. The van der Waals surface area contributed by atoms with E-state index in [9.17, 15) is 9.59 Å². The van der Waals surface area contributed by atoms with E-state index in [0.29, 0.717) is 17.9 Å². The van der Waals surface area contributed by atoms with Gasteiger partial charge < -0.3 is 10.1 Å². The molecule has 0 heterocycles. The van der Waals surface area contributed by atoms with Gasteiger partial charge in [0, 0.05) is 5.69 Å². The Bertz CT molecular complexity index is 1290. The molecule has 3 aromatic carbocycles. The van der Waals surface area contributed by atoms with Gasteiger partial charge in [0.25, 0.3) is 0 Å². The lowest BCUT2D eigenvalue weighted by molar-refractivity contribution is -0.126. The number of aryl methyl sites for hydroxylation is 2. The highest BCUT2D eigenvalue weighted by molar-refractivity contribution is 14.1. The van der Waals surface area contributed by atoms with Crippen molar-refractivity contribution in [2.45, 2.75) is 26.9 Å². The fraction of sp³-hybridized carbons (Fsp3) is 0.154. The van der Waals surface area contributed by atoms with Crippen LogP contribution in [-0.4, -0.2) is 18.0 Å². The Labute approximate surface area is 231 Å². The van der Waals surface area contributed by atoms with Gasteiger partial charge in [-0.05, 0) is 106 Å². The molecule has 0 unspecified atom stereocenters. The van der Waals surface area contributed by atoms with Crippen LogP contribution in [-0.2, 0) is 16.2 Å². The molecule has 0 aromatic heterocycles. The standard InChI is InChI=1S/C26H22I2N4O3/c1-16-3-8-23(17(2)9-16)31-24(33)12-25(34)32-30-14-20-10-21(27)26(22(28)11-20)35-15-19-6-4-18(13-29)5-7-19/h3-11,14H,12,15H2,1-2H3,(H,31,33)(H,32,34). The molecule has 0 saturated heterocycles. The lowest BCUT2D eigenvalue weighted by Gasteiger charge is -2.11. The van der Waals surface area contributed by atoms with Gasteiger partial charge in [-0.25, -0.2) is 5.43 Å². The monoisotopic (exact) mass is 692 g/mol. The van der Waals surface area contributed by atoms with Crippen LogP contribution in [0.15, 0.2) is 59.7 Å². The average Bonchev–Trinajstić information content (AvgIpc) is 2.80. The van der Waals surface area contributed by atoms with E-state index in [0.717, 1.165) is 35.1 Å². The number of nitrogens with zero attached hydrogens (tertiary/aromatic N) is 2. The maximum atomic E-state index is 12.2. The molecular formula is C26H22I2N4O3. The molecule has 3 rings (SSSR count). The average molecular weight is 692 g/mol.